The van der Waals surface area contributed by atoms with Crippen LogP contribution in [0.2, 0.25) is 0 Å². The number of methoxy groups -OCH3 is 1. The van der Waals surface area contributed by atoms with Crippen molar-refractivity contribution in [2.45, 2.75) is 26.3 Å². The number of hydrogen-bond acceptors (Lipinski definition) is 6. The van der Waals surface area contributed by atoms with Crippen LogP contribution in [0, 0.1) is 17.2 Å². The fraction of sp³-hybridized carbons (Fsp3) is 0.389. The number of nitrogens with one attached hydrogen (secondary N) is 1. The summed E-state index contributed by atoms with van der Waals surface area (Å²) in [6.45, 7) is 4.75. The lowest BCUT2D eigenvalue weighted by atomic mass is 9.90. The molecule has 1 amide bonds. The van der Waals surface area contributed by atoms with Crippen LogP contribution in [-0.2, 0) is 14.3 Å². The smallest absolute Gasteiger partial charge is 0.331 e. The third kappa shape index (κ3) is 5.84. The van der Waals surface area contributed by atoms with Crippen LogP contribution in [0.15, 0.2) is 24.3 Å². The van der Waals surface area contributed by atoms with Gasteiger partial charge in [-0.3, -0.25) is 4.79 Å². The van der Waals surface area contributed by atoms with Crippen molar-refractivity contribution in [1.29, 1.82) is 5.26 Å². The second kappa shape index (κ2) is 8.73. The summed E-state index contributed by atoms with van der Waals surface area (Å²) >= 11 is 0. The number of benzene rings is 1. The minimum absolute atomic E-state index is 0.00964. The van der Waals surface area contributed by atoms with Crippen LogP contribution in [0.3, 0.4) is 0 Å². The average Bonchev–Trinajstić information content (AvgIpc) is 2.58. The average molecular weight is 346 g/mol. The molecular weight excluding hydrogens is 324 g/mol. The topological polar surface area (TPSA) is 109 Å². The monoisotopic (exact) mass is 346 g/mol. The first-order valence-corrected chi connectivity index (χ1v) is 7.66. The lowest BCUT2D eigenvalue weighted by Gasteiger charge is -2.27. The molecule has 1 aromatic carbocycles. The van der Waals surface area contributed by atoms with Crippen LogP contribution in [0.1, 0.15) is 26.3 Å². The number of carbonyl (C=O) groups is 2. The van der Waals surface area contributed by atoms with Crippen LogP contribution in [0.4, 0.5) is 0 Å². The molecule has 1 aromatic rings. The van der Waals surface area contributed by atoms with Crippen molar-refractivity contribution in [3.05, 3.63) is 29.8 Å². The lowest BCUT2D eigenvalue weighted by Crippen LogP contribution is -2.50. The van der Waals surface area contributed by atoms with Crippen LogP contribution < -0.4 is 10.1 Å². The minimum Gasteiger partial charge on any atom is -0.504 e. The van der Waals surface area contributed by atoms with Crippen LogP contribution >= 0.6 is 0 Å². The summed E-state index contributed by atoms with van der Waals surface area (Å²) in [6.07, 6.45) is 2.63. The quantitative estimate of drug-likeness (QED) is 0.577. The van der Waals surface area contributed by atoms with E-state index >= 15 is 0 Å². The van der Waals surface area contributed by atoms with Gasteiger partial charge in [0.05, 0.1) is 13.2 Å². The molecule has 25 heavy (non-hydrogen) atoms. The third-order valence-electron chi connectivity index (χ3n) is 3.75. The summed E-state index contributed by atoms with van der Waals surface area (Å²) in [6, 6.07) is 6.62. The Morgan fingerprint density at radius 3 is 2.68 bits per heavy atom. The first kappa shape index (κ1) is 20.0. The number of hydrogen-bond donors (Lipinski definition) is 2. The Balaban J connectivity index is 2.57. The molecule has 0 saturated carbocycles. The van der Waals surface area contributed by atoms with E-state index in [2.05, 4.69) is 5.32 Å². The predicted octanol–water partition coefficient (Wildman–Crippen LogP) is 2.01. The zero-order valence-electron chi connectivity index (χ0n) is 14.7. The second-order valence-corrected chi connectivity index (χ2v) is 5.89. The largest absolute Gasteiger partial charge is 0.504 e. The van der Waals surface area contributed by atoms with Gasteiger partial charge in [0.15, 0.2) is 18.1 Å². The molecule has 0 aliphatic carbocycles. The number of amides is 1. The molecule has 0 aliphatic rings. The number of carbonyl (C=O) groups excluding carboxylic acids is 2. The normalized spacial score (nSPS) is 13.1. The highest BCUT2D eigenvalue weighted by Crippen LogP contribution is 2.26. The van der Waals surface area contributed by atoms with E-state index in [1.807, 2.05) is 19.9 Å². The maximum atomic E-state index is 11.8. The maximum Gasteiger partial charge on any atom is 0.331 e. The molecule has 1 rings (SSSR count). The molecular formula is C18H22N2O5. The SMILES string of the molecule is COc1cc(/C=C/C(=O)OCC(=O)N[C@@](C)(C#N)C(C)C)ccc1O. The highest BCUT2D eigenvalue weighted by atomic mass is 16.5. The molecule has 0 aromatic heterocycles. The van der Waals surface area contributed by atoms with Gasteiger partial charge in [0, 0.05) is 6.08 Å². The first-order valence-electron chi connectivity index (χ1n) is 7.66. The molecule has 1 atom stereocenters. The van der Waals surface area contributed by atoms with Crippen molar-refractivity contribution >= 4 is 18.0 Å². The van der Waals surface area contributed by atoms with Crippen molar-refractivity contribution in [2.75, 3.05) is 13.7 Å². The molecule has 0 bridgehead atoms. The molecule has 7 nitrogen and oxygen atoms in total. The van der Waals surface area contributed by atoms with Crippen molar-refractivity contribution in [3.63, 3.8) is 0 Å². The first-order chi connectivity index (χ1) is 11.7. The van der Waals surface area contributed by atoms with Crippen molar-refractivity contribution in [2.24, 2.45) is 5.92 Å². The van der Waals surface area contributed by atoms with E-state index in [9.17, 15) is 14.7 Å². The Labute approximate surface area is 146 Å². The van der Waals surface area contributed by atoms with Gasteiger partial charge >= 0.3 is 5.97 Å². The minimum atomic E-state index is -1.03. The Bertz CT molecular complexity index is 706. The van der Waals surface area contributed by atoms with E-state index < -0.39 is 24.0 Å². The summed E-state index contributed by atoms with van der Waals surface area (Å²) < 4.78 is 9.82. The predicted molar refractivity (Wildman–Crippen MR) is 91.7 cm³/mol. The summed E-state index contributed by atoms with van der Waals surface area (Å²) in [5.74, 6) is -1.08. The van der Waals surface area contributed by atoms with Crippen LogP contribution in [0.5, 0.6) is 11.5 Å². The number of ether oxygens (including phenoxy) is 2. The molecule has 0 aliphatic heterocycles. The van der Waals surface area contributed by atoms with Crippen molar-refractivity contribution < 1.29 is 24.2 Å². The van der Waals surface area contributed by atoms with E-state index in [1.165, 1.54) is 19.3 Å². The van der Waals surface area contributed by atoms with Gasteiger partial charge in [-0.15, -0.1) is 0 Å². The number of nitriles is 1. The second-order valence-electron chi connectivity index (χ2n) is 5.89. The Morgan fingerprint density at radius 1 is 1.44 bits per heavy atom. The van der Waals surface area contributed by atoms with E-state index in [-0.39, 0.29) is 17.4 Å². The number of phenolic OH excluding ortho intramolecular Hbond substituents is 1. The molecule has 0 unspecified atom stereocenters. The van der Waals surface area contributed by atoms with Crippen LogP contribution in [0.25, 0.3) is 6.08 Å². The highest BCUT2D eigenvalue weighted by Gasteiger charge is 2.30. The molecule has 2 N–H and O–H groups in total. The Kier molecular flexibility index (Phi) is 7.00. The zero-order chi connectivity index (χ0) is 19.0. The summed E-state index contributed by atoms with van der Waals surface area (Å²) in [5, 5.41) is 21.2. The molecule has 0 radical (unpaired) electrons. The fourth-order valence-corrected chi connectivity index (χ4v) is 1.77. The third-order valence-corrected chi connectivity index (χ3v) is 3.75. The van der Waals surface area contributed by atoms with Gasteiger partial charge in [0.2, 0.25) is 0 Å². The van der Waals surface area contributed by atoms with Crippen molar-refractivity contribution in [3.8, 4) is 17.6 Å². The Morgan fingerprint density at radius 2 is 2.12 bits per heavy atom. The summed E-state index contributed by atoms with van der Waals surface area (Å²) in [7, 11) is 1.42. The van der Waals surface area contributed by atoms with E-state index in [0.29, 0.717) is 5.56 Å². The van der Waals surface area contributed by atoms with Gasteiger partial charge in [-0.05, 0) is 36.6 Å². The maximum absolute atomic E-state index is 11.8. The van der Waals surface area contributed by atoms with Gasteiger partial charge < -0.3 is 19.9 Å². The van der Waals surface area contributed by atoms with Gasteiger partial charge in [0.25, 0.3) is 5.91 Å². The standard InChI is InChI=1S/C18H22N2O5/c1-12(2)18(3,11-19)20-16(22)10-25-17(23)8-6-13-5-7-14(21)15(9-13)24-4/h5-9,12,21H,10H2,1-4H3,(H,20,22)/b8-6+/t18-/m0/s1. The molecule has 0 spiro atoms. The number of aromatic hydroxyl groups is 1. The number of nitrogens with zero attached hydrogens (tertiary/aromatic N) is 1. The number of phenols is 1. The van der Waals surface area contributed by atoms with E-state index in [1.54, 1.807) is 19.1 Å². The van der Waals surface area contributed by atoms with Gasteiger partial charge in [-0.1, -0.05) is 19.9 Å². The molecule has 134 valence electrons. The van der Waals surface area contributed by atoms with Crippen LogP contribution in [-0.4, -0.2) is 36.2 Å². The lowest BCUT2D eigenvalue weighted by molar-refractivity contribution is -0.144. The van der Waals surface area contributed by atoms with E-state index in [4.69, 9.17) is 14.7 Å². The van der Waals surface area contributed by atoms with Gasteiger partial charge in [-0.25, -0.2) is 4.79 Å². The molecule has 0 heterocycles. The van der Waals surface area contributed by atoms with Crippen molar-refractivity contribution in [1.82, 2.24) is 5.32 Å². The fourth-order valence-electron chi connectivity index (χ4n) is 1.77. The number of rotatable bonds is 7. The highest BCUT2D eigenvalue weighted by molar-refractivity contribution is 5.89. The summed E-state index contributed by atoms with van der Waals surface area (Å²) in [4.78, 5) is 23.5. The molecule has 0 saturated heterocycles. The Hall–Kier alpha value is -3.01. The van der Waals surface area contributed by atoms with Gasteiger partial charge in [0.1, 0.15) is 5.54 Å². The van der Waals surface area contributed by atoms with Gasteiger partial charge in [-0.2, -0.15) is 5.26 Å². The summed E-state index contributed by atoms with van der Waals surface area (Å²) in [5.41, 5.74) is -0.407. The number of esters is 1. The van der Waals surface area contributed by atoms with E-state index in [0.717, 1.165) is 6.08 Å². The zero-order valence-corrected chi connectivity index (χ0v) is 14.7. The molecule has 7 heteroatoms. The molecule has 0 fully saturated rings.